The first-order valence-corrected chi connectivity index (χ1v) is 7.08. The van der Waals surface area contributed by atoms with Gasteiger partial charge in [0.15, 0.2) is 0 Å². The molecule has 0 aliphatic carbocycles. The van der Waals surface area contributed by atoms with E-state index in [0.29, 0.717) is 30.1 Å². The van der Waals surface area contributed by atoms with Crippen molar-refractivity contribution in [1.82, 2.24) is 0 Å². The molecule has 3 N–H and O–H groups in total. The molecule has 6 heteroatoms. The van der Waals surface area contributed by atoms with Crippen molar-refractivity contribution in [1.29, 1.82) is 0 Å². The molecule has 0 radical (unpaired) electrons. The molecule has 0 heterocycles. The maximum Gasteiger partial charge on any atom is 0.272 e. The Morgan fingerprint density at radius 1 is 1.43 bits per heavy atom. The van der Waals surface area contributed by atoms with E-state index in [1.165, 1.54) is 6.07 Å². The standard InChI is InChI=1S/C15H23N3O3/c1-10(2)6-12(9-16)8-15(19)17-13-4-5-14(18(20)21)11(3)7-13/h4-5,7,10,12H,6,8-9,16H2,1-3H3,(H,17,19). The van der Waals surface area contributed by atoms with Gasteiger partial charge in [0.25, 0.3) is 5.69 Å². The largest absolute Gasteiger partial charge is 0.330 e. The van der Waals surface area contributed by atoms with E-state index in [4.69, 9.17) is 5.73 Å². The van der Waals surface area contributed by atoms with E-state index in [1.54, 1.807) is 19.1 Å². The molecule has 0 saturated heterocycles. The Hall–Kier alpha value is -1.95. The van der Waals surface area contributed by atoms with Crippen LogP contribution in [0.3, 0.4) is 0 Å². The van der Waals surface area contributed by atoms with E-state index >= 15 is 0 Å². The van der Waals surface area contributed by atoms with Gasteiger partial charge in [-0.2, -0.15) is 0 Å². The zero-order valence-corrected chi connectivity index (χ0v) is 12.8. The van der Waals surface area contributed by atoms with Crippen molar-refractivity contribution >= 4 is 17.3 Å². The Balaban J connectivity index is 2.66. The number of anilines is 1. The third-order valence-corrected chi connectivity index (χ3v) is 3.29. The summed E-state index contributed by atoms with van der Waals surface area (Å²) in [7, 11) is 0. The molecule has 116 valence electrons. The zero-order chi connectivity index (χ0) is 16.0. The molecule has 6 nitrogen and oxygen atoms in total. The van der Waals surface area contributed by atoms with Crippen LogP contribution in [0.2, 0.25) is 0 Å². The maximum absolute atomic E-state index is 12.0. The highest BCUT2D eigenvalue weighted by Crippen LogP contribution is 2.22. The third-order valence-electron chi connectivity index (χ3n) is 3.29. The molecule has 1 aromatic carbocycles. The number of nitro benzene ring substituents is 1. The van der Waals surface area contributed by atoms with Crippen LogP contribution in [0.15, 0.2) is 18.2 Å². The summed E-state index contributed by atoms with van der Waals surface area (Å²) < 4.78 is 0. The molecule has 0 spiro atoms. The normalized spacial score (nSPS) is 12.2. The molecule has 0 aliphatic rings. The van der Waals surface area contributed by atoms with E-state index in [9.17, 15) is 14.9 Å². The number of nitrogens with one attached hydrogen (secondary N) is 1. The predicted octanol–water partition coefficient (Wildman–Crippen LogP) is 2.85. The summed E-state index contributed by atoms with van der Waals surface area (Å²) in [4.78, 5) is 22.3. The van der Waals surface area contributed by atoms with E-state index in [0.717, 1.165) is 6.42 Å². The molecule has 1 atom stereocenters. The second kappa shape index (κ2) is 7.73. The Morgan fingerprint density at radius 2 is 2.10 bits per heavy atom. The first-order valence-electron chi connectivity index (χ1n) is 7.08. The van der Waals surface area contributed by atoms with Crippen LogP contribution in [0.4, 0.5) is 11.4 Å². The van der Waals surface area contributed by atoms with Gasteiger partial charge in [0.2, 0.25) is 5.91 Å². The summed E-state index contributed by atoms with van der Waals surface area (Å²) >= 11 is 0. The smallest absolute Gasteiger partial charge is 0.272 e. The number of carbonyl (C=O) groups is 1. The first-order chi connectivity index (χ1) is 9.83. The highest BCUT2D eigenvalue weighted by molar-refractivity contribution is 5.91. The van der Waals surface area contributed by atoms with Crippen molar-refractivity contribution in [2.75, 3.05) is 11.9 Å². The predicted molar refractivity (Wildman–Crippen MR) is 83.1 cm³/mol. The van der Waals surface area contributed by atoms with Crippen LogP contribution < -0.4 is 11.1 Å². The van der Waals surface area contributed by atoms with Gasteiger partial charge >= 0.3 is 0 Å². The Labute approximate surface area is 124 Å². The Bertz CT molecular complexity index is 515. The number of hydrogen-bond acceptors (Lipinski definition) is 4. The topological polar surface area (TPSA) is 98.3 Å². The zero-order valence-electron chi connectivity index (χ0n) is 12.8. The minimum Gasteiger partial charge on any atom is -0.330 e. The number of nitro groups is 1. The number of benzene rings is 1. The molecular formula is C15H23N3O3. The molecule has 0 saturated carbocycles. The third kappa shape index (κ3) is 5.51. The molecule has 1 unspecified atom stereocenters. The lowest BCUT2D eigenvalue weighted by atomic mass is 9.94. The van der Waals surface area contributed by atoms with Crippen molar-refractivity contribution in [3.05, 3.63) is 33.9 Å². The lowest BCUT2D eigenvalue weighted by molar-refractivity contribution is -0.385. The van der Waals surface area contributed by atoms with E-state index in [-0.39, 0.29) is 17.5 Å². The molecular weight excluding hydrogens is 270 g/mol. The van der Waals surface area contributed by atoms with Crippen molar-refractivity contribution < 1.29 is 9.72 Å². The Kier molecular flexibility index (Phi) is 6.30. The van der Waals surface area contributed by atoms with Crippen molar-refractivity contribution in [2.24, 2.45) is 17.6 Å². The van der Waals surface area contributed by atoms with Crippen LogP contribution >= 0.6 is 0 Å². The van der Waals surface area contributed by atoms with Gasteiger partial charge in [0.1, 0.15) is 0 Å². The molecule has 0 bridgehead atoms. The Morgan fingerprint density at radius 3 is 2.57 bits per heavy atom. The molecule has 0 aliphatic heterocycles. The fourth-order valence-electron chi connectivity index (χ4n) is 2.34. The van der Waals surface area contributed by atoms with E-state index in [2.05, 4.69) is 19.2 Å². The highest BCUT2D eigenvalue weighted by Gasteiger charge is 2.15. The van der Waals surface area contributed by atoms with Crippen LogP contribution in [0.5, 0.6) is 0 Å². The highest BCUT2D eigenvalue weighted by atomic mass is 16.6. The molecule has 1 rings (SSSR count). The van der Waals surface area contributed by atoms with Gasteiger partial charge in [-0.25, -0.2) is 0 Å². The van der Waals surface area contributed by atoms with Gasteiger partial charge in [-0.05, 0) is 43.9 Å². The number of nitrogens with zero attached hydrogens (tertiary/aromatic N) is 1. The lowest BCUT2D eigenvalue weighted by Crippen LogP contribution is -2.23. The summed E-state index contributed by atoms with van der Waals surface area (Å²) in [5.41, 5.74) is 6.83. The van der Waals surface area contributed by atoms with Gasteiger partial charge in [-0.15, -0.1) is 0 Å². The fraction of sp³-hybridized carbons (Fsp3) is 0.533. The number of hydrogen-bond donors (Lipinski definition) is 2. The quantitative estimate of drug-likeness (QED) is 0.596. The fourth-order valence-corrected chi connectivity index (χ4v) is 2.34. The van der Waals surface area contributed by atoms with Gasteiger partial charge in [-0.3, -0.25) is 14.9 Å². The van der Waals surface area contributed by atoms with Crippen LogP contribution in [0.1, 0.15) is 32.3 Å². The molecule has 1 aromatic rings. The van der Waals surface area contributed by atoms with E-state index < -0.39 is 4.92 Å². The van der Waals surface area contributed by atoms with E-state index in [1.807, 2.05) is 0 Å². The number of carbonyl (C=O) groups excluding carboxylic acids is 1. The number of rotatable bonds is 7. The van der Waals surface area contributed by atoms with Gasteiger partial charge in [-0.1, -0.05) is 13.8 Å². The number of aryl methyl sites for hydroxylation is 1. The monoisotopic (exact) mass is 293 g/mol. The van der Waals surface area contributed by atoms with Crippen LogP contribution in [0.25, 0.3) is 0 Å². The van der Waals surface area contributed by atoms with Crippen molar-refractivity contribution in [3.8, 4) is 0 Å². The molecule has 0 aromatic heterocycles. The van der Waals surface area contributed by atoms with Gasteiger partial charge in [0, 0.05) is 23.7 Å². The average Bonchev–Trinajstić information content (AvgIpc) is 2.36. The minimum absolute atomic E-state index is 0.0487. The van der Waals surface area contributed by atoms with Crippen LogP contribution in [0, 0.1) is 28.9 Å². The number of amides is 1. The summed E-state index contributed by atoms with van der Waals surface area (Å²) in [5.74, 6) is 0.538. The van der Waals surface area contributed by atoms with Crippen LogP contribution in [-0.4, -0.2) is 17.4 Å². The molecule has 0 fully saturated rings. The maximum atomic E-state index is 12.0. The van der Waals surface area contributed by atoms with Gasteiger partial charge in [0.05, 0.1) is 4.92 Å². The molecule has 1 amide bonds. The van der Waals surface area contributed by atoms with Crippen molar-refractivity contribution in [2.45, 2.75) is 33.6 Å². The summed E-state index contributed by atoms with van der Waals surface area (Å²) in [6.45, 7) is 6.32. The van der Waals surface area contributed by atoms with Gasteiger partial charge < -0.3 is 11.1 Å². The van der Waals surface area contributed by atoms with Crippen LogP contribution in [-0.2, 0) is 4.79 Å². The minimum atomic E-state index is -0.436. The second-order valence-electron chi connectivity index (χ2n) is 5.74. The average molecular weight is 293 g/mol. The lowest BCUT2D eigenvalue weighted by Gasteiger charge is -2.16. The summed E-state index contributed by atoms with van der Waals surface area (Å²) in [6.07, 6.45) is 1.27. The van der Waals surface area contributed by atoms with Crippen molar-refractivity contribution in [3.63, 3.8) is 0 Å². The first kappa shape index (κ1) is 17.1. The second-order valence-corrected chi connectivity index (χ2v) is 5.74. The SMILES string of the molecule is Cc1cc(NC(=O)CC(CN)CC(C)C)ccc1[N+](=O)[O-]. The molecule has 21 heavy (non-hydrogen) atoms. The summed E-state index contributed by atoms with van der Waals surface area (Å²) in [6, 6.07) is 4.55. The number of nitrogens with two attached hydrogens (primary N) is 1. The summed E-state index contributed by atoms with van der Waals surface area (Å²) in [5, 5.41) is 13.5.